The van der Waals surface area contributed by atoms with Crippen molar-refractivity contribution in [2.75, 3.05) is 0 Å². The zero-order valence-corrected chi connectivity index (χ0v) is 15.4. The van der Waals surface area contributed by atoms with Crippen LogP contribution in [0.5, 0.6) is 0 Å². The smallest absolute Gasteiger partial charge is 0.265 e. The highest BCUT2D eigenvalue weighted by molar-refractivity contribution is 7.98. The molecule has 1 heterocycles. The molecule has 3 nitrogen and oxygen atoms in total. The van der Waals surface area contributed by atoms with Crippen LogP contribution in [0.2, 0.25) is 0 Å². The predicted molar refractivity (Wildman–Crippen MR) is 103 cm³/mol. The summed E-state index contributed by atoms with van der Waals surface area (Å²) in [4.78, 5) is 17.1. The molecule has 0 N–H and O–H groups in total. The summed E-state index contributed by atoms with van der Waals surface area (Å²) in [5, 5.41) is 0.815. The summed E-state index contributed by atoms with van der Waals surface area (Å²) in [5.41, 5.74) is 5.09. The van der Waals surface area contributed by atoms with E-state index in [0.717, 1.165) is 46.8 Å². The summed E-state index contributed by atoms with van der Waals surface area (Å²) in [6.45, 7) is 2.03. The fraction of sp³-hybridized carbons (Fsp3) is 0.238. The van der Waals surface area contributed by atoms with Crippen molar-refractivity contribution >= 4 is 11.8 Å². The maximum Gasteiger partial charge on any atom is 0.353 e. The molecule has 0 fully saturated rings. The Hall–Kier alpha value is -2.40. The van der Waals surface area contributed by atoms with Crippen molar-refractivity contribution in [2.45, 2.75) is 37.0 Å². The van der Waals surface area contributed by atoms with Gasteiger partial charge in [-0.05, 0) is 56.0 Å². The minimum Gasteiger partial charge on any atom is -0.265 e. The van der Waals surface area contributed by atoms with E-state index in [1.165, 1.54) is 17.7 Å². The Bertz CT molecular complexity index is 994. The molecule has 0 spiro atoms. The maximum atomic E-state index is 13.1. The molecule has 0 amide bonds. The van der Waals surface area contributed by atoms with Crippen molar-refractivity contribution in [1.82, 2.24) is 9.55 Å². The Balaban J connectivity index is 1.68. The topological polar surface area (TPSA) is 34.9 Å². The molecular weight excluding hydrogens is 347 g/mol. The number of aromatic nitrogens is 2. The Labute approximate surface area is 155 Å². The summed E-state index contributed by atoms with van der Waals surface area (Å²) >= 11 is 1.56. The molecule has 0 aliphatic heterocycles. The van der Waals surface area contributed by atoms with Gasteiger partial charge in [0.15, 0.2) is 0 Å². The largest absolute Gasteiger partial charge is 0.353 e. The molecule has 5 heteroatoms. The first kappa shape index (κ1) is 17.0. The third-order valence-corrected chi connectivity index (χ3v) is 5.78. The average molecular weight is 366 g/mol. The van der Waals surface area contributed by atoms with Crippen LogP contribution in [-0.2, 0) is 18.6 Å². The molecule has 2 aromatic carbocycles. The van der Waals surface area contributed by atoms with E-state index in [1.807, 2.05) is 31.2 Å². The zero-order valence-electron chi connectivity index (χ0n) is 14.5. The van der Waals surface area contributed by atoms with E-state index in [9.17, 15) is 9.18 Å². The number of fused-ring (bicyclic) bond motifs is 1. The lowest BCUT2D eigenvalue weighted by Gasteiger charge is -2.14. The summed E-state index contributed by atoms with van der Waals surface area (Å²) in [5.74, 6) is 0.437. The van der Waals surface area contributed by atoms with E-state index in [4.69, 9.17) is 0 Å². The van der Waals surface area contributed by atoms with E-state index in [0.29, 0.717) is 5.75 Å². The van der Waals surface area contributed by atoms with Gasteiger partial charge in [-0.2, -0.15) is 4.98 Å². The van der Waals surface area contributed by atoms with E-state index in [2.05, 4.69) is 4.98 Å². The van der Waals surface area contributed by atoms with E-state index in [-0.39, 0.29) is 11.5 Å². The van der Waals surface area contributed by atoms with Crippen molar-refractivity contribution in [3.63, 3.8) is 0 Å². The summed E-state index contributed by atoms with van der Waals surface area (Å²) in [7, 11) is 0. The number of thioether (sulfide) groups is 1. The van der Waals surface area contributed by atoms with Crippen LogP contribution in [0.3, 0.4) is 0 Å². The van der Waals surface area contributed by atoms with Crippen LogP contribution in [0.4, 0.5) is 4.39 Å². The lowest BCUT2D eigenvalue weighted by atomic mass is 10.2. The number of halogens is 1. The number of hydrogen-bond acceptors (Lipinski definition) is 3. The normalized spacial score (nSPS) is 13.0. The van der Waals surface area contributed by atoms with Crippen molar-refractivity contribution in [1.29, 1.82) is 0 Å². The third kappa shape index (κ3) is 3.31. The number of aryl methyl sites for hydroxylation is 1. The molecule has 0 radical (unpaired) electrons. The number of nitrogens with zero attached hydrogens (tertiary/aromatic N) is 2. The van der Waals surface area contributed by atoms with Gasteiger partial charge in [-0.25, -0.2) is 9.18 Å². The molecule has 1 aromatic heterocycles. The maximum absolute atomic E-state index is 13.1. The van der Waals surface area contributed by atoms with Crippen molar-refractivity contribution in [3.05, 3.63) is 87.2 Å². The molecule has 26 heavy (non-hydrogen) atoms. The first-order valence-corrected chi connectivity index (χ1v) is 9.69. The average Bonchev–Trinajstić information content (AvgIpc) is 3.12. The van der Waals surface area contributed by atoms with Gasteiger partial charge in [0.2, 0.25) is 0 Å². The van der Waals surface area contributed by atoms with Gasteiger partial charge in [0.25, 0.3) is 0 Å². The summed E-state index contributed by atoms with van der Waals surface area (Å²) in [6, 6.07) is 14.4. The van der Waals surface area contributed by atoms with Crippen LogP contribution in [-0.4, -0.2) is 9.55 Å². The van der Waals surface area contributed by atoms with Gasteiger partial charge in [0.05, 0.1) is 5.69 Å². The molecule has 0 saturated carbocycles. The van der Waals surface area contributed by atoms with Crippen LogP contribution in [0.15, 0.2) is 58.4 Å². The number of benzene rings is 2. The molecular formula is C21H19FN2OS. The van der Waals surface area contributed by atoms with Gasteiger partial charge in [0.1, 0.15) is 10.8 Å². The van der Waals surface area contributed by atoms with Crippen LogP contribution < -0.4 is 5.69 Å². The predicted octanol–water partition coefficient (Wildman–Crippen LogP) is 4.46. The molecule has 0 unspecified atom stereocenters. The van der Waals surface area contributed by atoms with Crippen LogP contribution in [0.1, 0.15) is 28.8 Å². The van der Waals surface area contributed by atoms with Gasteiger partial charge >= 0.3 is 5.69 Å². The molecule has 1 aliphatic carbocycles. The standard InChI is InChI=1S/C21H19FN2OS/c1-14-5-11-17(12-6-14)24-19-4-2-3-18(19)20(23-21(24)25)26-13-15-7-9-16(22)10-8-15/h5-12H,2-4,13H2,1H3. The third-order valence-electron chi connectivity index (χ3n) is 4.69. The lowest BCUT2D eigenvalue weighted by Crippen LogP contribution is -2.25. The first-order chi connectivity index (χ1) is 12.6. The van der Waals surface area contributed by atoms with Gasteiger partial charge in [-0.1, -0.05) is 29.8 Å². The second kappa shape index (κ2) is 7.08. The van der Waals surface area contributed by atoms with E-state index < -0.39 is 0 Å². The van der Waals surface area contributed by atoms with Gasteiger partial charge < -0.3 is 0 Å². The second-order valence-corrected chi connectivity index (χ2v) is 7.53. The van der Waals surface area contributed by atoms with Crippen LogP contribution in [0.25, 0.3) is 5.69 Å². The second-order valence-electron chi connectivity index (χ2n) is 6.56. The fourth-order valence-corrected chi connectivity index (χ4v) is 4.37. The molecule has 1 aliphatic rings. The zero-order chi connectivity index (χ0) is 18.1. The highest BCUT2D eigenvalue weighted by Crippen LogP contribution is 2.32. The number of rotatable bonds is 4. The van der Waals surface area contributed by atoms with Gasteiger partial charge in [-0.15, -0.1) is 11.8 Å². The molecule has 0 bridgehead atoms. The minimum absolute atomic E-state index is 0.226. The Morgan fingerprint density at radius 1 is 1.08 bits per heavy atom. The van der Waals surface area contributed by atoms with Crippen molar-refractivity contribution in [2.24, 2.45) is 0 Å². The molecule has 0 atom stereocenters. The SMILES string of the molecule is Cc1ccc(-n2c3c(c(SCc4ccc(F)cc4)nc2=O)CCC3)cc1. The number of hydrogen-bond donors (Lipinski definition) is 0. The Kier molecular flexibility index (Phi) is 4.64. The van der Waals surface area contributed by atoms with Crippen molar-refractivity contribution in [3.8, 4) is 5.69 Å². The monoisotopic (exact) mass is 366 g/mol. The summed E-state index contributed by atoms with van der Waals surface area (Å²) < 4.78 is 14.8. The van der Waals surface area contributed by atoms with Crippen molar-refractivity contribution < 1.29 is 4.39 Å². The Morgan fingerprint density at radius 3 is 2.54 bits per heavy atom. The van der Waals surface area contributed by atoms with Gasteiger partial charge in [0, 0.05) is 17.0 Å². The highest BCUT2D eigenvalue weighted by atomic mass is 32.2. The fourth-order valence-electron chi connectivity index (χ4n) is 3.34. The molecule has 132 valence electrons. The molecule has 4 rings (SSSR count). The quantitative estimate of drug-likeness (QED) is 0.505. The summed E-state index contributed by atoms with van der Waals surface area (Å²) in [6.07, 6.45) is 2.88. The molecule has 0 saturated heterocycles. The Morgan fingerprint density at radius 2 is 1.81 bits per heavy atom. The van der Waals surface area contributed by atoms with E-state index in [1.54, 1.807) is 28.5 Å². The first-order valence-electron chi connectivity index (χ1n) is 8.71. The highest BCUT2D eigenvalue weighted by Gasteiger charge is 2.22. The molecule has 3 aromatic rings. The van der Waals surface area contributed by atoms with Gasteiger partial charge in [-0.3, -0.25) is 4.57 Å². The van der Waals surface area contributed by atoms with Crippen LogP contribution in [0, 0.1) is 12.7 Å². The lowest BCUT2D eigenvalue weighted by molar-refractivity contribution is 0.627. The van der Waals surface area contributed by atoms with Crippen LogP contribution >= 0.6 is 11.8 Å². The van der Waals surface area contributed by atoms with E-state index >= 15 is 0 Å². The minimum atomic E-state index is -0.238.